The van der Waals surface area contributed by atoms with Crippen LogP contribution in [0, 0.1) is 17.6 Å². The lowest BCUT2D eigenvalue weighted by Gasteiger charge is -2.12. The number of hydrogen-bond donors (Lipinski definition) is 1. The van der Waals surface area contributed by atoms with Crippen LogP contribution in [0.4, 0.5) is 8.78 Å². The van der Waals surface area contributed by atoms with Crippen LogP contribution in [-0.4, -0.2) is 22.7 Å². The second kappa shape index (κ2) is 6.97. The predicted octanol–water partition coefficient (Wildman–Crippen LogP) is 3.26. The summed E-state index contributed by atoms with van der Waals surface area (Å²) in [7, 11) is 0. The highest BCUT2D eigenvalue weighted by Gasteiger charge is 2.10. The summed E-state index contributed by atoms with van der Waals surface area (Å²) >= 11 is 1.65. The van der Waals surface area contributed by atoms with Crippen molar-refractivity contribution in [2.24, 2.45) is 5.92 Å². The number of hydrogen-bond acceptors (Lipinski definition) is 2. The molecule has 1 atom stereocenters. The first kappa shape index (κ1) is 14.5. The number of benzene rings is 1. The summed E-state index contributed by atoms with van der Waals surface area (Å²) in [5, 5.41) is 9.73. The molecule has 0 aliphatic rings. The summed E-state index contributed by atoms with van der Waals surface area (Å²) in [6, 6.07) is 3.46. The molecule has 1 N–H and O–H groups in total. The minimum absolute atomic E-state index is 0.233. The van der Waals surface area contributed by atoms with Crippen LogP contribution >= 0.6 is 11.8 Å². The molecule has 4 heteroatoms. The third kappa shape index (κ3) is 5.50. The standard InChI is InChI=1S/C13H18F2OS/c1-9(2)7-17-8-12(16)5-10-3-4-11(14)6-13(10)15/h3-4,6,9,12,16H,5,7-8H2,1-2H3. The number of halogens is 2. The number of aliphatic hydroxyl groups is 1. The average Bonchev–Trinajstić information content (AvgIpc) is 2.21. The Labute approximate surface area is 105 Å². The van der Waals surface area contributed by atoms with E-state index in [0.29, 0.717) is 17.2 Å². The maximum Gasteiger partial charge on any atom is 0.129 e. The molecular formula is C13H18F2OS. The fraction of sp³-hybridized carbons (Fsp3) is 0.538. The van der Waals surface area contributed by atoms with Crippen LogP contribution in [-0.2, 0) is 6.42 Å². The second-order valence-electron chi connectivity index (χ2n) is 4.52. The first-order chi connectivity index (χ1) is 7.99. The van der Waals surface area contributed by atoms with Crippen molar-refractivity contribution in [1.29, 1.82) is 0 Å². The summed E-state index contributed by atoms with van der Waals surface area (Å²) < 4.78 is 26.0. The van der Waals surface area contributed by atoms with Crippen LogP contribution in [0.5, 0.6) is 0 Å². The smallest absolute Gasteiger partial charge is 0.129 e. The molecule has 0 aliphatic heterocycles. The van der Waals surface area contributed by atoms with Crippen molar-refractivity contribution in [3.8, 4) is 0 Å². The highest BCUT2D eigenvalue weighted by molar-refractivity contribution is 7.99. The maximum absolute atomic E-state index is 13.3. The van der Waals surface area contributed by atoms with E-state index < -0.39 is 17.7 Å². The van der Waals surface area contributed by atoms with Gasteiger partial charge in [0.15, 0.2) is 0 Å². The molecule has 0 amide bonds. The van der Waals surface area contributed by atoms with Crippen LogP contribution < -0.4 is 0 Å². The van der Waals surface area contributed by atoms with E-state index in [1.807, 2.05) is 0 Å². The van der Waals surface area contributed by atoms with Gasteiger partial charge in [-0.15, -0.1) is 0 Å². The molecule has 1 unspecified atom stereocenters. The monoisotopic (exact) mass is 260 g/mol. The molecule has 0 heterocycles. The normalized spacial score (nSPS) is 13.1. The Morgan fingerprint density at radius 3 is 2.53 bits per heavy atom. The van der Waals surface area contributed by atoms with Gasteiger partial charge in [-0.1, -0.05) is 19.9 Å². The molecule has 17 heavy (non-hydrogen) atoms. The van der Waals surface area contributed by atoms with Crippen molar-refractivity contribution in [2.75, 3.05) is 11.5 Å². The van der Waals surface area contributed by atoms with Crippen molar-refractivity contribution >= 4 is 11.8 Å². The molecule has 1 rings (SSSR count). The van der Waals surface area contributed by atoms with Gasteiger partial charge in [-0.25, -0.2) is 8.78 Å². The molecule has 0 fully saturated rings. The Morgan fingerprint density at radius 1 is 1.24 bits per heavy atom. The number of aliphatic hydroxyl groups excluding tert-OH is 1. The Bertz CT molecular complexity index is 355. The molecular weight excluding hydrogens is 242 g/mol. The zero-order chi connectivity index (χ0) is 12.8. The van der Waals surface area contributed by atoms with Gasteiger partial charge in [-0.05, 0) is 23.3 Å². The van der Waals surface area contributed by atoms with Gasteiger partial charge in [0, 0.05) is 18.2 Å². The van der Waals surface area contributed by atoms with E-state index in [4.69, 9.17) is 0 Å². The third-order valence-corrected chi connectivity index (χ3v) is 3.75. The van der Waals surface area contributed by atoms with Crippen molar-refractivity contribution in [2.45, 2.75) is 26.4 Å². The minimum Gasteiger partial charge on any atom is -0.392 e. The lowest BCUT2D eigenvalue weighted by atomic mass is 10.1. The molecule has 0 saturated carbocycles. The van der Waals surface area contributed by atoms with Gasteiger partial charge >= 0.3 is 0 Å². The summed E-state index contributed by atoms with van der Waals surface area (Å²) in [6.45, 7) is 4.22. The molecule has 0 spiro atoms. The van der Waals surface area contributed by atoms with E-state index >= 15 is 0 Å². The molecule has 0 saturated heterocycles. The molecule has 96 valence electrons. The molecule has 0 bridgehead atoms. The number of thioether (sulfide) groups is 1. The van der Waals surface area contributed by atoms with E-state index in [9.17, 15) is 13.9 Å². The van der Waals surface area contributed by atoms with Crippen LogP contribution in [0.2, 0.25) is 0 Å². The minimum atomic E-state index is -0.588. The van der Waals surface area contributed by atoms with E-state index in [2.05, 4.69) is 13.8 Å². The lowest BCUT2D eigenvalue weighted by molar-refractivity contribution is 0.198. The summed E-state index contributed by atoms with van der Waals surface area (Å²) in [4.78, 5) is 0. The van der Waals surface area contributed by atoms with E-state index in [1.54, 1.807) is 11.8 Å². The van der Waals surface area contributed by atoms with Gasteiger partial charge < -0.3 is 5.11 Å². The van der Waals surface area contributed by atoms with Crippen molar-refractivity contribution in [3.05, 3.63) is 35.4 Å². The SMILES string of the molecule is CC(C)CSCC(O)Cc1ccc(F)cc1F. The van der Waals surface area contributed by atoms with Crippen LogP contribution in [0.1, 0.15) is 19.4 Å². The van der Waals surface area contributed by atoms with Gasteiger partial charge in [-0.2, -0.15) is 11.8 Å². The topological polar surface area (TPSA) is 20.2 Å². The van der Waals surface area contributed by atoms with Gasteiger partial charge in [0.05, 0.1) is 6.10 Å². The highest BCUT2D eigenvalue weighted by atomic mass is 32.2. The zero-order valence-electron chi connectivity index (χ0n) is 10.1. The Kier molecular flexibility index (Phi) is 5.92. The fourth-order valence-electron chi connectivity index (χ4n) is 1.44. The highest BCUT2D eigenvalue weighted by Crippen LogP contribution is 2.15. The predicted molar refractivity (Wildman–Crippen MR) is 68.2 cm³/mol. The second-order valence-corrected chi connectivity index (χ2v) is 5.60. The van der Waals surface area contributed by atoms with E-state index in [1.165, 1.54) is 12.1 Å². The van der Waals surface area contributed by atoms with Gasteiger partial charge in [0.1, 0.15) is 11.6 Å². The zero-order valence-corrected chi connectivity index (χ0v) is 10.9. The van der Waals surface area contributed by atoms with Crippen molar-refractivity contribution < 1.29 is 13.9 Å². The molecule has 0 aromatic heterocycles. The molecule has 1 nitrogen and oxygen atoms in total. The molecule has 0 radical (unpaired) electrons. The maximum atomic E-state index is 13.3. The van der Waals surface area contributed by atoms with Gasteiger partial charge in [0.2, 0.25) is 0 Å². The molecule has 1 aromatic carbocycles. The summed E-state index contributed by atoms with van der Waals surface area (Å²) in [5.41, 5.74) is 0.365. The van der Waals surface area contributed by atoms with Crippen LogP contribution in [0.15, 0.2) is 18.2 Å². The third-order valence-electron chi connectivity index (χ3n) is 2.23. The number of rotatable bonds is 6. The molecule has 1 aromatic rings. The van der Waals surface area contributed by atoms with Crippen molar-refractivity contribution in [3.63, 3.8) is 0 Å². The quantitative estimate of drug-likeness (QED) is 0.847. The Morgan fingerprint density at radius 2 is 1.94 bits per heavy atom. The summed E-state index contributed by atoms with van der Waals surface area (Å²) in [5.74, 6) is 0.959. The first-order valence-electron chi connectivity index (χ1n) is 5.68. The Balaban J connectivity index is 2.42. The average molecular weight is 260 g/mol. The van der Waals surface area contributed by atoms with Crippen molar-refractivity contribution in [1.82, 2.24) is 0 Å². The van der Waals surface area contributed by atoms with Crippen LogP contribution in [0.3, 0.4) is 0 Å². The Hall–Kier alpha value is -0.610. The first-order valence-corrected chi connectivity index (χ1v) is 6.84. The largest absolute Gasteiger partial charge is 0.392 e. The van der Waals surface area contributed by atoms with E-state index in [0.717, 1.165) is 11.8 Å². The molecule has 0 aliphatic carbocycles. The fourth-order valence-corrected chi connectivity index (χ4v) is 2.44. The van der Waals surface area contributed by atoms with Gasteiger partial charge in [0.25, 0.3) is 0 Å². The summed E-state index contributed by atoms with van der Waals surface area (Å²) in [6.07, 6.45) is -0.351. The van der Waals surface area contributed by atoms with Gasteiger partial charge in [-0.3, -0.25) is 0 Å². The lowest BCUT2D eigenvalue weighted by Crippen LogP contribution is -2.15. The van der Waals surface area contributed by atoms with E-state index in [-0.39, 0.29) is 6.42 Å². The van der Waals surface area contributed by atoms with Crippen LogP contribution in [0.25, 0.3) is 0 Å².